The first kappa shape index (κ1) is 16.2. The Morgan fingerprint density at radius 2 is 2.00 bits per heavy atom. The van der Waals surface area contributed by atoms with E-state index in [1.54, 1.807) is 19.1 Å². The van der Waals surface area contributed by atoms with Crippen molar-refractivity contribution >= 4 is 11.9 Å². The van der Waals surface area contributed by atoms with Gasteiger partial charge in [-0.2, -0.15) is 0 Å². The highest BCUT2D eigenvalue weighted by Gasteiger charge is 2.18. The van der Waals surface area contributed by atoms with Gasteiger partial charge in [-0.1, -0.05) is 30.3 Å². The lowest BCUT2D eigenvalue weighted by Gasteiger charge is -2.13. The molecule has 5 heteroatoms. The molecule has 0 spiro atoms. The fourth-order valence-corrected chi connectivity index (χ4v) is 1.87. The van der Waals surface area contributed by atoms with Gasteiger partial charge < -0.3 is 15.2 Å². The van der Waals surface area contributed by atoms with Crippen molar-refractivity contribution in [1.82, 2.24) is 5.32 Å². The molecule has 0 aliphatic carbocycles. The van der Waals surface area contributed by atoms with E-state index in [9.17, 15) is 14.7 Å². The summed E-state index contributed by atoms with van der Waals surface area (Å²) < 4.78 is 4.82. The minimum absolute atomic E-state index is 0.216. The zero-order valence-corrected chi connectivity index (χ0v) is 11.7. The molecular weight excluding hydrogens is 258 g/mol. The summed E-state index contributed by atoms with van der Waals surface area (Å²) in [6, 6.07) is 9.12. The van der Waals surface area contributed by atoms with E-state index in [4.69, 9.17) is 4.74 Å². The average molecular weight is 279 g/mol. The monoisotopic (exact) mass is 279 g/mol. The van der Waals surface area contributed by atoms with Gasteiger partial charge in [0.25, 0.3) is 0 Å². The number of carboxylic acid groups (broad SMARTS) is 1. The molecule has 0 saturated heterocycles. The first-order chi connectivity index (χ1) is 9.65. The molecule has 2 N–H and O–H groups in total. The van der Waals surface area contributed by atoms with Crippen LogP contribution in [0, 0.1) is 0 Å². The van der Waals surface area contributed by atoms with E-state index in [1.807, 2.05) is 18.2 Å². The maximum atomic E-state index is 11.2. The fraction of sp³-hybridized carbons (Fsp3) is 0.467. The quantitative estimate of drug-likeness (QED) is 0.532. The topological polar surface area (TPSA) is 75.6 Å². The Hall–Kier alpha value is -1.88. The maximum absolute atomic E-state index is 11.2. The lowest BCUT2D eigenvalue weighted by Crippen LogP contribution is -2.27. The second kappa shape index (κ2) is 9.09. The van der Waals surface area contributed by atoms with Gasteiger partial charge in [0.1, 0.15) is 0 Å². The number of esters is 1. The van der Waals surface area contributed by atoms with Crippen molar-refractivity contribution < 1.29 is 19.4 Å². The number of hydrogen-bond acceptors (Lipinski definition) is 4. The molecule has 0 saturated carbocycles. The molecule has 1 aromatic carbocycles. The SMILES string of the molecule is CCOC(=O)CCCNCC(C(=O)O)c1ccccc1. The van der Waals surface area contributed by atoms with Crippen molar-refractivity contribution in [3.05, 3.63) is 35.9 Å². The lowest BCUT2D eigenvalue weighted by molar-refractivity contribution is -0.143. The standard InChI is InChI=1S/C15H21NO4/c1-2-20-14(17)9-6-10-16-11-13(15(18)19)12-7-4-3-5-8-12/h3-5,7-8,13,16H,2,6,9-11H2,1H3,(H,18,19). The Kier molecular flexibility index (Phi) is 7.35. The van der Waals surface area contributed by atoms with Crippen molar-refractivity contribution in [2.75, 3.05) is 19.7 Å². The highest BCUT2D eigenvalue weighted by Crippen LogP contribution is 2.14. The molecule has 0 heterocycles. The van der Waals surface area contributed by atoms with Gasteiger partial charge in [-0.05, 0) is 25.5 Å². The fourth-order valence-electron chi connectivity index (χ4n) is 1.87. The number of carbonyl (C=O) groups is 2. The van der Waals surface area contributed by atoms with E-state index in [-0.39, 0.29) is 5.97 Å². The van der Waals surface area contributed by atoms with Crippen LogP contribution >= 0.6 is 0 Å². The number of ether oxygens (including phenoxy) is 1. The molecular formula is C15H21NO4. The van der Waals surface area contributed by atoms with Crippen LogP contribution in [0.15, 0.2) is 30.3 Å². The Morgan fingerprint density at radius 1 is 1.30 bits per heavy atom. The second-order valence-electron chi connectivity index (χ2n) is 4.41. The minimum Gasteiger partial charge on any atom is -0.481 e. The van der Waals surface area contributed by atoms with Crippen LogP contribution in [0.1, 0.15) is 31.2 Å². The summed E-state index contributed by atoms with van der Waals surface area (Å²) in [5, 5.41) is 12.3. The van der Waals surface area contributed by atoms with Crippen molar-refractivity contribution in [1.29, 1.82) is 0 Å². The third-order valence-corrected chi connectivity index (χ3v) is 2.89. The summed E-state index contributed by atoms with van der Waals surface area (Å²) >= 11 is 0. The first-order valence-corrected chi connectivity index (χ1v) is 6.79. The molecule has 20 heavy (non-hydrogen) atoms. The number of carbonyl (C=O) groups excluding carboxylic acids is 1. The number of aliphatic carboxylic acids is 1. The predicted molar refractivity (Wildman–Crippen MR) is 75.6 cm³/mol. The average Bonchev–Trinajstić information content (AvgIpc) is 2.43. The van der Waals surface area contributed by atoms with Crippen LogP contribution in [0.5, 0.6) is 0 Å². The molecule has 0 aliphatic heterocycles. The normalized spacial score (nSPS) is 11.8. The number of nitrogens with one attached hydrogen (secondary N) is 1. The molecule has 1 atom stereocenters. The first-order valence-electron chi connectivity index (χ1n) is 6.79. The summed E-state index contributed by atoms with van der Waals surface area (Å²) in [6.45, 7) is 3.10. The largest absolute Gasteiger partial charge is 0.481 e. The Labute approximate surface area is 118 Å². The van der Waals surface area contributed by atoms with E-state index >= 15 is 0 Å². The van der Waals surface area contributed by atoms with E-state index in [0.717, 1.165) is 5.56 Å². The van der Waals surface area contributed by atoms with E-state index in [0.29, 0.717) is 32.5 Å². The molecule has 0 aromatic heterocycles. The number of benzene rings is 1. The number of hydrogen-bond donors (Lipinski definition) is 2. The molecule has 110 valence electrons. The third kappa shape index (κ3) is 5.84. The third-order valence-electron chi connectivity index (χ3n) is 2.89. The maximum Gasteiger partial charge on any atom is 0.312 e. The van der Waals surface area contributed by atoms with Crippen molar-refractivity contribution in [3.8, 4) is 0 Å². The Morgan fingerprint density at radius 3 is 2.60 bits per heavy atom. The van der Waals surface area contributed by atoms with Gasteiger partial charge >= 0.3 is 11.9 Å². The van der Waals surface area contributed by atoms with Crippen molar-refractivity contribution in [2.45, 2.75) is 25.7 Å². The molecule has 0 aliphatic rings. The molecule has 0 amide bonds. The van der Waals surface area contributed by atoms with Gasteiger partial charge in [0.05, 0.1) is 12.5 Å². The predicted octanol–water partition coefficient (Wildman–Crippen LogP) is 1.79. The number of rotatable bonds is 9. The minimum atomic E-state index is -0.853. The van der Waals surface area contributed by atoms with Crippen LogP contribution in [0.4, 0.5) is 0 Å². The van der Waals surface area contributed by atoms with Gasteiger partial charge in [-0.3, -0.25) is 9.59 Å². The molecule has 0 fully saturated rings. The summed E-state index contributed by atoms with van der Waals surface area (Å²) in [5.41, 5.74) is 0.776. The highest BCUT2D eigenvalue weighted by molar-refractivity contribution is 5.76. The van der Waals surface area contributed by atoms with Crippen molar-refractivity contribution in [2.24, 2.45) is 0 Å². The summed E-state index contributed by atoms with van der Waals surface area (Å²) in [5.74, 6) is -1.64. The van der Waals surface area contributed by atoms with Gasteiger partial charge in [0, 0.05) is 13.0 Å². The smallest absolute Gasteiger partial charge is 0.312 e. The van der Waals surface area contributed by atoms with Crippen LogP contribution in [0.2, 0.25) is 0 Å². The van der Waals surface area contributed by atoms with Crippen molar-refractivity contribution in [3.63, 3.8) is 0 Å². The van der Waals surface area contributed by atoms with Crippen LogP contribution in [0.3, 0.4) is 0 Å². The molecule has 5 nitrogen and oxygen atoms in total. The zero-order valence-electron chi connectivity index (χ0n) is 11.7. The zero-order chi connectivity index (χ0) is 14.8. The molecule has 0 radical (unpaired) electrons. The van der Waals surface area contributed by atoms with Gasteiger partial charge in [-0.25, -0.2) is 0 Å². The second-order valence-corrected chi connectivity index (χ2v) is 4.41. The van der Waals surface area contributed by atoms with Crippen LogP contribution in [-0.2, 0) is 14.3 Å². The summed E-state index contributed by atoms with van der Waals surface area (Å²) in [6.07, 6.45) is 0.990. The van der Waals surface area contributed by atoms with Gasteiger partial charge in [0.2, 0.25) is 0 Å². The molecule has 1 unspecified atom stereocenters. The lowest BCUT2D eigenvalue weighted by atomic mass is 9.99. The summed E-state index contributed by atoms with van der Waals surface area (Å²) in [7, 11) is 0. The van der Waals surface area contributed by atoms with Crippen LogP contribution < -0.4 is 5.32 Å². The van der Waals surface area contributed by atoms with Crippen LogP contribution in [0.25, 0.3) is 0 Å². The molecule has 0 bridgehead atoms. The van der Waals surface area contributed by atoms with E-state index < -0.39 is 11.9 Å². The van der Waals surface area contributed by atoms with Gasteiger partial charge in [-0.15, -0.1) is 0 Å². The van der Waals surface area contributed by atoms with Gasteiger partial charge in [0.15, 0.2) is 0 Å². The summed E-state index contributed by atoms with van der Waals surface area (Å²) in [4.78, 5) is 22.4. The van der Waals surface area contributed by atoms with Crippen LogP contribution in [-0.4, -0.2) is 36.7 Å². The van der Waals surface area contributed by atoms with E-state index in [1.165, 1.54) is 0 Å². The Bertz CT molecular complexity index is 419. The molecule has 1 rings (SSSR count). The highest BCUT2D eigenvalue weighted by atomic mass is 16.5. The molecule has 1 aromatic rings. The number of carboxylic acids is 1. The van der Waals surface area contributed by atoms with E-state index in [2.05, 4.69) is 5.32 Å². The Balaban J connectivity index is 2.31.